The van der Waals surface area contributed by atoms with Crippen LogP contribution >= 0.6 is 0 Å². The van der Waals surface area contributed by atoms with Crippen molar-refractivity contribution in [2.45, 2.75) is 59.5 Å². The summed E-state index contributed by atoms with van der Waals surface area (Å²) < 4.78 is 0. The molecule has 96 valence electrons. The second kappa shape index (κ2) is 4.89. The average molecular weight is 228 g/mol. The highest BCUT2D eigenvalue weighted by atomic mass is 16.3. The van der Waals surface area contributed by atoms with E-state index in [2.05, 4.69) is 20.4 Å². The maximum absolute atomic E-state index is 8.52. The fourth-order valence-corrected chi connectivity index (χ4v) is 2.74. The highest BCUT2D eigenvalue weighted by Crippen LogP contribution is 2.58. The van der Waals surface area contributed by atoms with Gasteiger partial charge in [0.25, 0.3) is 0 Å². The molecule has 2 unspecified atom stereocenters. The van der Waals surface area contributed by atoms with Crippen molar-refractivity contribution in [3.05, 3.63) is 12.2 Å². The molecule has 2 saturated carbocycles. The van der Waals surface area contributed by atoms with Crippen LogP contribution in [0.1, 0.15) is 53.9 Å². The number of fused-ring (bicyclic) bond motifs is 2. The second-order valence-corrected chi connectivity index (χ2v) is 6.62. The summed E-state index contributed by atoms with van der Waals surface area (Å²) in [5.74, 6) is 1.85. The normalized spacial score (nSPS) is 30.5. The molecule has 0 aliphatic heterocycles. The van der Waals surface area contributed by atoms with E-state index in [4.69, 9.17) is 5.11 Å². The molecular formula is C14H28O2. The summed E-state index contributed by atoms with van der Waals surface area (Å²) >= 11 is 0. The van der Waals surface area contributed by atoms with Gasteiger partial charge in [-0.1, -0.05) is 26.0 Å². The van der Waals surface area contributed by atoms with E-state index in [9.17, 15) is 0 Å². The van der Waals surface area contributed by atoms with Crippen molar-refractivity contribution < 1.29 is 10.6 Å². The van der Waals surface area contributed by atoms with Gasteiger partial charge in [0.2, 0.25) is 0 Å². The molecular weight excluding hydrogens is 200 g/mol. The third kappa shape index (κ3) is 3.60. The molecule has 0 heterocycles. The van der Waals surface area contributed by atoms with Crippen LogP contribution in [0.25, 0.3) is 0 Å². The molecule has 2 fully saturated rings. The number of allylic oxidation sites excluding steroid dienone is 1. The van der Waals surface area contributed by atoms with E-state index in [0.29, 0.717) is 5.41 Å². The lowest BCUT2D eigenvalue weighted by molar-refractivity contribution is 0.102. The van der Waals surface area contributed by atoms with Crippen LogP contribution in [-0.4, -0.2) is 16.2 Å². The van der Waals surface area contributed by atoms with Gasteiger partial charge < -0.3 is 10.6 Å². The van der Waals surface area contributed by atoms with Gasteiger partial charge in [0.1, 0.15) is 0 Å². The molecule has 2 bridgehead atoms. The Morgan fingerprint density at radius 2 is 1.69 bits per heavy atom. The maximum atomic E-state index is 8.52. The Hall–Kier alpha value is -0.340. The molecule has 0 amide bonds. The van der Waals surface area contributed by atoms with Gasteiger partial charge in [0, 0.05) is 0 Å². The SMILES string of the molecule is C=C1C2CCC(C2)C1(C)C.CC(C)(C)O.O. The van der Waals surface area contributed by atoms with Crippen LogP contribution in [0, 0.1) is 17.3 Å². The van der Waals surface area contributed by atoms with Gasteiger partial charge in [0.15, 0.2) is 0 Å². The molecule has 2 aliphatic carbocycles. The Balaban J connectivity index is 0.000000330. The first-order valence-corrected chi connectivity index (χ1v) is 6.04. The Morgan fingerprint density at radius 1 is 1.25 bits per heavy atom. The minimum atomic E-state index is -0.500. The van der Waals surface area contributed by atoms with E-state index in [-0.39, 0.29) is 5.48 Å². The number of hydrogen-bond acceptors (Lipinski definition) is 1. The molecule has 2 nitrogen and oxygen atoms in total. The van der Waals surface area contributed by atoms with Gasteiger partial charge in [-0.05, 0) is 57.3 Å². The van der Waals surface area contributed by atoms with E-state index in [1.165, 1.54) is 24.8 Å². The molecule has 0 spiro atoms. The van der Waals surface area contributed by atoms with Gasteiger partial charge >= 0.3 is 0 Å². The van der Waals surface area contributed by atoms with E-state index in [1.807, 2.05) is 0 Å². The van der Waals surface area contributed by atoms with Gasteiger partial charge in [-0.2, -0.15) is 0 Å². The van der Waals surface area contributed by atoms with Crippen LogP contribution in [0.4, 0.5) is 0 Å². The minimum absolute atomic E-state index is 0. The summed E-state index contributed by atoms with van der Waals surface area (Å²) in [6.45, 7) is 14.1. The summed E-state index contributed by atoms with van der Waals surface area (Å²) in [6.07, 6.45) is 4.31. The third-order valence-electron chi connectivity index (χ3n) is 3.77. The average Bonchev–Trinajstić information content (AvgIpc) is 2.52. The zero-order chi connectivity index (χ0) is 11.9. The highest BCUT2D eigenvalue weighted by molar-refractivity contribution is 5.22. The van der Waals surface area contributed by atoms with Crippen LogP contribution in [-0.2, 0) is 0 Å². The molecule has 16 heavy (non-hydrogen) atoms. The summed E-state index contributed by atoms with van der Waals surface area (Å²) in [5.41, 5.74) is 1.51. The van der Waals surface area contributed by atoms with Crippen molar-refractivity contribution in [3.63, 3.8) is 0 Å². The first-order valence-electron chi connectivity index (χ1n) is 6.04. The lowest BCUT2D eigenvalue weighted by Crippen LogP contribution is -2.21. The predicted molar refractivity (Wildman–Crippen MR) is 69.3 cm³/mol. The number of rotatable bonds is 0. The smallest absolute Gasteiger partial charge is 0.0563 e. The lowest BCUT2D eigenvalue weighted by Gasteiger charge is -2.31. The molecule has 0 saturated heterocycles. The highest BCUT2D eigenvalue weighted by Gasteiger charge is 2.47. The Labute approximate surface area is 100 Å². The van der Waals surface area contributed by atoms with Gasteiger partial charge in [-0.3, -0.25) is 0 Å². The van der Waals surface area contributed by atoms with E-state index >= 15 is 0 Å². The number of hydrogen-bond donors (Lipinski definition) is 1. The molecule has 2 aliphatic rings. The predicted octanol–water partition coefficient (Wildman–Crippen LogP) is 2.95. The van der Waals surface area contributed by atoms with E-state index in [0.717, 1.165) is 11.8 Å². The van der Waals surface area contributed by atoms with Crippen LogP contribution < -0.4 is 0 Å². The van der Waals surface area contributed by atoms with Crippen molar-refractivity contribution in [2.24, 2.45) is 17.3 Å². The van der Waals surface area contributed by atoms with Gasteiger partial charge in [-0.15, -0.1) is 0 Å². The van der Waals surface area contributed by atoms with Crippen molar-refractivity contribution >= 4 is 0 Å². The molecule has 2 heteroatoms. The first kappa shape index (κ1) is 15.7. The topological polar surface area (TPSA) is 51.7 Å². The zero-order valence-corrected chi connectivity index (χ0v) is 11.4. The summed E-state index contributed by atoms with van der Waals surface area (Å²) in [4.78, 5) is 0. The van der Waals surface area contributed by atoms with Gasteiger partial charge in [0.05, 0.1) is 5.60 Å². The molecule has 3 N–H and O–H groups in total. The summed E-state index contributed by atoms with van der Waals surface area (Å²) in [7, 11) is 0. The van der Waals surface area contributed by atoms with Crippen LogP contribution in [0.5, 0.6) is 0 Å². The molecule has 0 aromatic carbocycles. The first-order chi connectivity index (χ1) is 6.62. The third-order valence-corrected chi connectivity index (χ3v) is 3.77. The minimum Gasteiger partial charge on any atom is -0.412 e. The molecule has 2 atom stereocenters. The Bertz CT molecular complexity index is 242. The largest absolute Gasteiger partial charge is 0.412 e. The monoisotopic (exact) mass is 228 g/mol. The Kier molecular flexibility index (Phi) is 4.78. The summed E-state index contributed by atoms with van der Waals surface area (Å²) in [6, 6.07) is 0. The quantitative estimate of drug-likeness (QED) is 0.637. The fraction of sp³-hybridized carbons (Fsp3) is 0.857. The van der Waals surface area contributed by atoms with Gasteiger partial charge in [-0.25, -0.2) is 0 Å². The van der Waals surface area contributed by atoms with Crippen molar-refractivity contribution in [2.75, 3.05) is 0 Å². The zero-order valence-electron chi connectivity index (χ0n) is 11.4. The van der Waals surface area contributed by atoms with E-state index in [1.54, 1.807) is 20.8 Å². The fourth-order valence-electron chi connectivity index (χ4n) is 2.74. The molecule has 0 aromatic heterocycles. The molecule has 0 aromatic rings. The maximum Gasteiger partial charge on any atom is 0.0563 e. The molecule has 2 rings (SSSR count). The lowest BCUT2D eigenvalue weighted by atomic mass is 9.73. The van der Waals surface area contributed by atoms with Crippen molar-refractivity contribution in [3.8, 4) is 0 Å². The van der Waals surface area contributed by atoms with Crippen molar-refractivity contribution in [1.82, 2.24) is 0 Å². The van der Waals surface area contributed by atoms with E-state index < -0.39 is 5.60 Å². The van der Waals surface area contributed by atoms with Crippen LogP contribution in [0.15, 0.2) is 12.2 Å². The standard InChI is InChI=1S/C10H16.C4H10O.H2O/c1-7-8-4-5-9(6-8)10(7,2)3;1-4(2,3)5;/h8-9H,1,4-6H2,2-3H3;5H,1-3H3;1H2. The van der Waals surface area contributed by atoms with Crippen molar-refractivity contribution in [1.29, 1.82) is 0 Å². The Morgan fingerprint density at radius 3 is 1.88 bits per heavy atom. The number of aliphatic hydroxyl groups is 1. The van der Waals surface area contributed by atoms with Crippen LogP contribution in [0.3, 0.4) is 0 Å². The van der Waals surface area contributed by atoms with Crippen LogP contribution in [0.2, 0.25) is 0 Å². The summed E-state index contributed by atoms with van der Waals surface area (Å²) in [5, 5.41) is 8.52. The molecule has 0 radical (unpaired) electrons. The second-order valence-electron chi connectivity index (χ2n) is 6.62.